The number of allylic oxidation sites excluding steroid dienone is 21. The lowest BCUT2D eigenvalue weighted by Gasteiger charge is -2.29. The Morgan fingerprint density at radius 1 is 0.500 bits per heavy atom. The molecular weight excluding hydrogens is 912 g/mol. The van der Waals surface area contributed by atoms with Crippen molar-refractivity contribution >= 4 is 13.7 Å². The Bertz CT molecular complexity index is 1630. The van der Waals surface area contributed by atoms with E-state index in [1.165, 1.54) is 64.2 Å². The minimum Gasteiger partial charge on any atom is -0.756 e. The lowest BCUT2D eigenvalue weighted by molar-refractivity contribution is -0.870. The summed E-state index contributed by atoms with van der Waals surface area (Å²) in [6.45, 7) is 4.47. The quantitative estimate of drug-likeness (QED) is 0.0272. The first kappa shape index (κ1) is 68.6. The van der Waals surface area contributed by atoms with E-state index in [1.807, 2.05) is 27.2 Å². The Labute approximate surface area is 443 Å². The van der Waals surface area contributed by atoms with Gasteiger partial charge in [-0.25, -0.2) is 0 Å². The molecular formula is C63H107N2O6P. The molecule has 0 aliphatic heterocycles. The zero-order chi connectivity index (χ0) is 52.7. The molecule has 0 fully saturated rings. The molecule has 0 spiro atoms. The molecule has 3 atom stereocenters. The predicted octanol–water partition coefficient (Wildman–Crippen LogP) is 16.9. The van der Waals surface area contributed by atoms with Gasteiger partial charge in [-0.15, -0.1) is 0 Å². The van der Waals surface area contributed by atoms with Crippen molar-refractivity contribution < 1.29 is 32.9 Å². The third-order valence-corrected chi connectivity index (χ3v) is 12.8. The van der Waals surface area contributed by atoms with Gasteiger partial charge in [0.1, 0.15) is 13.2 Å². The van der Waals surface area contributed by atoms with Gasteiger partial charge >= 0.3 is 0 Å². The molecule has 0 radical (unpaired) electrons. The summed E-state index contributed by atoms with van der Waals surface area (Å²) in [6, 6.07) is -0.929. The van der Waals surface area contributed by atoms with Crippen molar-refractivity contribution in [2.45, 2.75) is 219 Å². The van der Waals surface area contributed by atoms with E-state index in [4.69, 9.17) is 9.05 Å². The molecule has 0 rings (SSSR count). The molecule has 0 heterocycles. The summed E-state index contributed by atoms with van der Waals surface area (Å²) in [7, 11) is 1.20. The van der Waals surface area contributed by atoms with E-state index in [2.05, 4.69) is 141 Å². The van der Waals surface area contributed by atoms with Gasteiger partial charge in [-0.2, -0.15) is 0 Å². The maximum absolute atomic E-state index is 13.0. The Kier molecular flexibility index (Phi) is 50.1. The second kappa shape index (κ2) is 52.5. The highest BCUT2D eigenvalue weighted by Gasteiger charge is 2.23. The molecule has 2 N–H and O–H groups in total. The summed E-state index contributed by atoms with van der Waals surface area (Å²) in [5.74, 6) is -0.232. The maximum atomic E-state index is 13.0. The van der Waals surface area contributed by atoms with Crippen molar-refractivity contribution in [2.75, 3.05) is 40.9 Å². The number of hydrogen-bond donors (Lipinski definition) is 2. The average molecular weight is 1020 g/mol. The fraction of sp³-hybridized carbons (Fsp3) is 0.635. The second-order valence-electron chi connectivity index (χ2n) is 19.9. The summed E-state index contributed by atoms with van der Waals surface area (Å²) >= 11 is 0. The van der Waals surface area contributed by atoms with Gasteiger partial charge in [-0.05, 0) is 109 Å². The van der Waals surface area contributed by atoms with Gasteiger partial charge in [0, 0.05) is 6.42 Å². The molecule has 3 unspecified atom stereocenters. The SMILES string of the molecule is CC/C=C\C/C=C\C/C=C\C/C=C\C/C=C\C/C=C\C/C=C\C/C=C\CCCCCCCCC(=O)NC(COP(=O)([O-])OCC[N+](C)(C)C)C(O)/C=C/CC/C=C/CC/C=C/CCCCCCCCCCC. The van der Waals surface area contributed by atoms with E-state index < -0.39 is 26.6 Å². The van der Waals surface area contributed by atoms with Crippen molar-refractivity contribution in [1.82, 2.24) is 5.32 Å². The summed E-state index contributed by atoms with van der Waals surface area (Å²) in [4.78, 5) is 25.5. The van der Waals surface area contributed by atoms with E-state index in [0.29, 0.717) is 17.4 Å². The van der Waals surface area contributed by atoms with E-state index >= 15 is 0 Å². The molecule has 9 heteroatoms. The van der Waals surface area contributed by atoms with Crippen molar-refractivity contribution in [3.05, 3.63) is 134 Å². The smallest absolute Gasteiger partial charge is 0.268 e. The maximum Gasteiger partial charge on any atom is 0.268 e. The number of nitrogens with one attached hydrogen (secondary N) is 1. The van der Waals surface area contributed by atoms with Crippen LogP contribution in [0.1, 0.15) is 206 Å². The standard InChI is InChI=1S/C63H107N2O6P/c1-6-8-10-12-14-16-18-20-22-24-26-27-28-29-30-31-32-33-34-35-36-37-39-41-43-45-47-49-51-53-55-57-63(67)64-61(60-71-72(68,69)70-59-58-65(3,4)5)62(66)56-54-52-50-48-46-44-42-40-38-25-23-21-19-17-15-13-11-9-7-2/h8,10,14,16,20,22,26-27,29-30,32-33,35-36,38-41,46,48,54,56,61-62,66H,6-7,9,11-13,15,17-19,21,23-25,28,31,34,37,42-45,47,49-53,55,57-60H2,1-5H3,(H-,64,67,68,69)/b10-8-,16-14-,22-20-,27-26-,30-29-,33-32-,36-35-,40-38+,41-39-,48-46+,56-54+. The van der Waals surface area contributed by atoms with Gasteiger partial charge < -0.3 is 28.8 Å². The first-order valence-corrected chi connectivity index (χ1v) is 30.0. The van der Waals surface area contributed by atoms with Crippen molar-refractivity contribution in [2.24, 2.45) is 0 Å². The summed E-state index contributed by atoms with van der Waals surface area (Å²) < 4.78 is 23.3. The van der Waals surface area contributed by atoms with Crippen LogP contribution in [-0.4, -0.2) is 68.5 Å². The summed E-state index contributed by atoms with van der Waals surface area (Å²) in [5.41, 5.74) is 0. The second-order valence-corrected chi connectivity index (χ2v) is 21.3. The van der Waals surface area contributed by atoms with Crippen LogP contribution in [0.3, 0.4) is 0 Å². The Morgan fingerprint density at radius 3 is 1.29 bits per heavy atom. The van der Waals surface area contributed by atoms with Crippen LogP contribution in [0.4, 0.5) is 0 Å². The zero-order valence-electron chi connectivity index (χ0n) is 46.6. The fourth-order valence-electron chi connectivity index (χ4n) is 7.38. The lowest BCUT2D eigenvalue weighted by Crippen LogP contribution is -2.45. The fourth-order valence-corrected chi connectivity index (χ4v) is 8.10. The molecule has 0 saturated carbocycles. The number of unbranched alkanes of at least 4 members (excludes halogenated alkanes) is 17. The zero-order valence-corrected chi connectivity index (χ0v) is 47.5. The number of nitrogens with zero attached hydrogens (tertiary/aromatic N) is 1. The number of phosphoric ester groups is 1. The largest absolute Gasteiger partial charge is 0.756 e. The number of aliphatic hydroxyl groups excluding tert-OH is 1. The van der Waals surface area contributed by atoms with Gasteiger partial charge in [-0.3, -0.25) is 9.36 Å². The Balaban J connectivity index is 4.35. The van der Waals surface area contributed by atoms with Gasteiger partial charge in [0.25, 0.3) is 7.82 Å². The van der Waals surface area contributed by atoms with Gasteiger partial charge in [0.2, 0.25) is 5.91 Å². The van der Waals surface area contributed by atoms with E-state index in [9.17, 15) is 19.4 Å². The number of carbonyl (C=O) groups excluding carboxylic acids is 1. The number of carbonyl (C=O) groups is 1. The van der Waals surface area contributed by atoms with Crippen LogP contribution in [0.5, 0.6) is 0 Å². The van der Waals surface area contributed by atoms with Crippen LogP contribution >= 0.6 is 7.82 Å². The number of phosphoric acid groups is 1. The highest BCUT2D eigenvalue weighted by Crippen LogP contribution is 2.38. The number of aliphatic hydroxyl groups is 1. The minimum absolute atomic E-state index is 0.0198. The first-order chi connectivity index (χ1) is 35.0. The number of quaternary nitrogens is 1. The molecule has 0 saturated heterocycles. The third-order valence-electron chi connectivity index (χ3n) is 11.8. The average Bonchev–Trinajstić information content (AvgIpc) is 3.34. The van der Waals surface area contributed by atoms with E-state index in [0.717, 1.165) is 122 Å². The van der Waals surface area contributed by atoms with Crippen molar-refractivity contribution in [3.8, 4) is 0 Å². The van der Waals surface area contributed by atoms with Crippen LogP contribution in [0.15, 0.2) is 134 Å². The normalized spacial score (nSPS) is 14.9. The van der Waals surface area contributed by atoms with Crippen LogP contribution in [0, 0.1) is 0 Å². The molecule has 72 heavy (non-hydrogen) atoms. The molecule has 0 aromatic heterocycles. The van der Waals surface area contributed by atoms with Crippen molar-refractivity contribution in [3.63, 3.8) is 0 Å². The van der Waals surface area contributed by atoms with Crippen LogP contribution in [-0.2, 0) is 18.4 Å². The van der Waals surface area contributed by atoms with Crippen LogP contribution in [0.25, 0.3) is 0 Å². The van der Waals surface area contributed by atoms with E-state index in [-0.39, 0.29) is 12.5 Å². The lowest BCUT2D eigenvalue weighted by atomic mass is 10.1. The van der Waals surface area contributed by atoms with Crippen LogP contribution in [0.2, 0.25) is 0 Å². The van der Waals surface area contributed by atoms with Gasteiger partial charge in [0.05, 0.1) is 39.9 Å². The molecule has 1 amide bonds. The molecule has 0 aromatic rings. The number of rotatable bonds is 50. The molecule has 0 aliphatic carbocycles. The van der Waals surface area contributed by atoms with Crippen molar-refractivity contribution in [1.29, 1.82) is 0 Å². The van der Waals surface area contributed by atoms with E-state index in [1.54, 1.807) is 6.08 Å². The Morgan fingerprint density at radius 2 is 0.861 bits per heavy atom. The first-order valence-electron chi connectivity index (χ1n) is 28.5. The molecule has 410 valence electrons. The summed E-state index contributed by atoms with van der Waals surface area (Å²) in [6.07, 6.45) is 79.5. The highest BCUT2D eigenvalue weighted by molar-refractivity contribution is 7.45. The molecule has 0 aromatic carbocycles. The minimum atomic E-state index is -4.62. The monoisotopic (exact) mass is 1020 g/mol. The predicted molar refractivity (Wildman–Crippen MR) is 311 cm³/mol. The third kappa shape index (κ3) is 54.4. The molecule has 0 aliphatic rings. The Hall–Kier alpha value is -3.36. The molecule has 0 bridgehead atoms. The number of hydrogen-bond acceptors (Lipinski definition) is 6. The molecule has 8 nitrogen and oxygen atoms in total. The summed E-state index contributed by atoms with van der Waals surface area (Å²) in [5, 5.41) is 13.8. The van der Waals surface area contributed by atoms with Gasteiger partial charge in [-0.1, -0.05) is 225 Å². The number of likely N-dealkylation sites (N-methyl/N-ethyl adjacent to an activating group) is 1. The van der Waals surface area contributed by atoms with Gasteiger partial charge in [0.15, 0.2) is 0 Å². The topological polar surface area (TPSA) is 108 Å². The highest BCUT2D eigenvalue weighted by atomic mass is 31.2. The number of amides is 1. The van der Waals surface area contributed by atoms with Crippen LogP contribution < -0.4 is 10.2 Å².